The van der Waals surface area contributed by atoms with Gasteiger partial charge in [0.1, 0.15) is 0 Å². The topological polar surface area (TPSA) is 65.1 Å². The average Bonchev–Trinajstić information content (AvgIpc) is 2.84. The van der Waals surface area contributed by atoms with Gasteiger partial charge in [-0.3, -0.25) is 4.79 Å². The molecule has 1 aromatic heterocycles. The Balaban J connectivity index is 2.09. The highest BCUT2D eigenvalue weighted by Crippen LogP contribution is 2.42. The number of fused-ring (bicyclic) bond motifs is 1. The van der Waals surface area contributed by atoms with Crippen LogP contribution in [0.15, 0.2) is 30.3 Å². The first-order valence-corrected chi connectivity index (χ1v) is 8.19. The molecule has 23 heavy (non-hydrogen) atoms. The summed E-state index contributed by atoms with van der Waals surface area (Å²) in [6.45, 7) is 6.15. The van der Waals surface area contributed by atoms with E-state index in [0.717, 1.165) is 29.1 Å². The molecule has 0 saturated carbocycles. The van der Waals surface area contributed by atoms with Crippen molar-refractivity contribution in [2.24, 2.45) is 5.41 Å². The molecule has 4 nitrogen and oxygen atoms in total. The van der Waals surface area contributed by atoms with E-state index in [4.69, 9.17) is 0 Å². The van der Waals surface area contributed by atoms with Crippen LogP contribution in [0.4, 0.5) is 11.4 Å². The van der Waals surface area contributed by atoms with Crippen LogP contribution < -0.4 is 5.32 Å². The van der Waals surface area contributed by atoms with E-state index in [0.29, 0.717) is 18.5 Å². The predicted molar refractivity (Wildman–Crippen MR) is 92.2 cm³/mol. The lowest BCUT2D eigenvalue weighted by Gasteiger charge is -2.28. The quantitative estimate of drug-likeness (QED) is 0.786. The van der Waals surface area contributed by atoms with Crippen molar-refractivity contribution >= 4 is 17.2 Å². The zero-order valence-electron chi connectivity index (χ0n) is 13.9. The van der Waals surface area contributed by atoms with E-state index >= 15 is 0 Å². The number of carbonyl (C=O) groups is 1. The summed E-state index contributed by atoms with van der Waals surface area (Å²) in [6.07, 6.45) is 1.33. The van der Waals surface area contributed by atoms with E-state index in [1.54, 1.807) is 0 Å². The number of nitrogens with one attached hydrogen (secondary N) is 2. The van der Waals surface area contributed by atoms with E-state index in [2.05, 4.69) is 24.1 Å². The number of hydrogen-bond donors (Lipinski definition) is 3. The van der Waals surface area contributed by atoms with E-state index in [1.807, 2.05) is 37.3 Å². The zero-order valence-corrected chi connectivity index (χ0v) is 13.9. The molecule has 1 aliphatic carbocycles. The van der Waals surface area contributed by atoms with Crippen LogP contribution in [0.2, 0.25) is 0 Å². The molecule has 3 N–H and O–H groups in total. The number of aromatic amines is 1. The number of para-hydroxylation sites is 1. The van der Waals surface area contributed by atoms with Gasteiger partial charge in [0.25, 0.3) is 0 Å². The van der Waals surface area contributed by atoms with Crippen molar-refractivity contribution in [3.05, 3.63) is 47.3 Å². The molecule has 1 aliphatic rings. The third kappa shape index (κ3) is 3.04. The van der Waals surface area contributed by atoms with Crippen molar-refractivity contribution in [2.45, 2.75) is 46.1 Å². The first-order chi connectivity index (χ1) is 10.9. The van der Waals surface area contributed by atoms with Crippen molar-refractivity contribution in [3.8, 4) is 0 Å². The number of H-pyrrole nitrogens is 1. The van der Waals surface area contributed by atoms with Gasteiger partial charge >= 0.3 is 0 Å². The monoisotopic (exact) mass is 312 g/mol. The van der Waals surface area contributed by atoms with Crippen molar-refractivity contribution in [1.29, 1.82) is 0 Å². The average molecular weight is 312 g/mol. The second-order valence-electron chi connectivity index (χ2n) is 7.12. The molecule has 0 radical (unpaired) electrons. The van der Waals surface area contributed by atoms with Crippen LogP contribution in [0.25, 0.3) is 0 Å². The summed E-state index contributed by atoms with van der Waals surface area (Å²) in [4.78, 5) is 16.0. The lowest BCUT2D eigenvalue weighted by atomic mass is 9.76. The molecule has 1 aromatic carbocycles. The minimum absolute atomic E-state index is 0.0482. The Hall–Kier alpha value is -2.07. The van der Waals surface area contributed by atoms with Gasteiger partial charge in [-0.1, -0.05) is 39.0 Å². The third-order valence-electron chi connectivity index (χ3n) is 4.44. The van der Waals surface area contributed by atoms with Crippen molar-refractivity contribution in [1.82, 2.24) is 4.98 Å². The predicted octanol–water partition coefficient (Wildman–Crippen LogP) is 4.36. The lowest BCUT2D eigenvalue weighted by molar-refractivity contribution is 0.0912. The number of benzene rings is 1. The van der Waals surface area contributed by atoms with Crippen LogP contribution in [0, 0.1) is 5.41 Å². The smallest absolute Gasteiger partial charge is 0.167 e. The van der Waals surface area contributed by atoms with Gasteiger partial charge in [-0.15, -0.1) is 0 Å². The number of anilines is 2. The molecule has 1 atom stereocenters. The summed E-state index contributed by atoms with van der Waals surface area (Å²) in [5, 5.41) is 13.7. The number of rotatable bonds is 4. The van der Waals surface area contributed by atoms with Crippen LogP contribution in [-0.2, 0) is 6.42 Å². The minimum atomic E-state index is -0.609. The molecule has 0 fully saturated rings. The van der Waals surface area contributed by atoms with Crippen molar-refractivity contribution in [2.75, 3.05) is 5.32 Å². The molecule has 0 spiro atoms. The van der Waals surface area contributed by atoms with Gasteiger partial charge in [-0.05, 0) is 30.4 Å². The molecule has 2 aromatic rings. The second-order valence-corrected chi connectivity index (χ2v) is 7.12. The fourth-order valence-electron chi connectivity index (χ4n) is 3.33. The van der Waals surface area contributed by atoms with E-state index < -0.39 is 6.10 Å². The molecular weight excluding hydrogens is 288 g/mol. The van der Waals surface area contributed by atoms with Gasteiger partial charge in [0.05, 0.1) is 23.0 Å². The van der Waals surface area contributed by atoms with Crippen molar-refractivity contribution in [3.63, 3.8) is 0 Å². The third-order valence-corrected chi connectivity index (χ3v) is 4.44. The number of aliphatic hydroxyl groups is 1. The van der Waals surface area contributed by atoms with Gasteiger partial charge in [-0.25, -0.2) is 0 Å². The Morgan fingerprint density at radius 2 is 1.96 bits per heavy atom. The Morgan fingerprint density at radius 3 is 2.61 bits per heavy atom. The summed E-state index contributed by atoms with van der Waals surface area (Å²) < 4.78 is 0. The first kappa shape index (κ1) is 15.8. The minimum Gasteiger partial charge on any atom is -0.387 e. The fraction of sp³-hybridized carbons (Fsp3) is 0.421. The Morgan fingerprint density at radius 1 is 1.26 bits per heavy atom. The summed E-state index contributed by atoms with van der Waals surface area (Å²) in [6, 6.07) is 9.76. The maximum absolute atomic E-state index is 12.7. The largest absolute Gasteiger partial charge is 0.387 e. The maximum Gasteiger partial charge on any atom is 0.167 e. The molecule has 1 unspecified atom stereocenters. The fourth-order valence-corrected chi connectivity index (χ4v) is 3.33. The molecule has 4 heteroatoms. The van der Waals surface area contributed by atoms with Crippen LogP contribution in [0.5, 0.6) is 0 Å². The van der Waals surface area contributed by atoms with Gasteiger partial charge in [-0.2, -0.15) is 0 Å². The summed E-state index contributed by atoms with van der Waals surface area (Å²) in [5.41, 5.74) is 3.97. The summed E-state index contributed by atoms with van der Waals surface area (Å²) in [7, 11) is 0. The van der Waals surface area contributed by atoms with E-state index in [1.165, 1.54) is 0 Å². The summed E-state index contributed by atoms with van der Waals surface area (Å²) in [5.74, 6) is 0.139. The molecule has 1 heterocycles. The molecule has 0 saturated heterocycles. The number of carbonyl (C=O) groups excluding carboxylic acids is 1. The molecular formula is C19H24N2O2. The highest BCUT2D eigenvalue weighted by molar-refractivity contribution is 6.05. The first-order valence-electron chi connectivity index (χ1n) is 8.19. The Kier molecular flexibility index (Phi) is 4.02. The zero-order chi connectivity index (χ0) is 16.6. The van der Waals surface area contributed by atoms with E-state index in [9.17, 15) is 9.90 Å². The van der Waals surface area contributed by atoms with Crippen molar-refractivity contribution < 1.29 is 9.90 Å². The standard InChI is InChI=1S/C19H24N2O2/c1-4-14(22)17-18(20-12-8-6-5-7-9-12)16-13(21-17)10-19(2,3)11-15(16)23/h5-9,14,20-22H,4,10-11H2,1-3H3. The molecule has 0 amide bonds. The molecule has 0 bridgehead atoms. The van der Waals surface area contributed by atoms with Crippen LogP contribution >= 0.6 is 0 Å². The Labute approximate surface area is 136 Å². The Bertz CT molecular complexity index is 716. The number of ketones is 1. The molecule has 122 valence electrons. The second kappa shape index (κ2) is 5.85. The van der Waals surface area contributed by atoms with Gasteiger partial charge < -0.3 is 15.4 Å². The van der Waals surface area contributed by atoms with Gasteiger partial charge in [0.2, 0.25) is 0 Å². The number of aromatic nitrogens is 1. The summed E-state index contributed by atoms with van der Waals surface area (Å²) >= 11 is 0. The lowest BCUT2D eigenvalue weighted by Crippen LogP contribution is -2.26. The van der Waals surface area contributed by atoms with Crippen LogP contribution in [-0.4, -0.2) is 15.9 Å². The number of aliphatic hydroxyl groups excluding tert-OH is 1. The van der Waals surface area contributed by atoms with Gasteiger partial charge in [0.15, 0.2) is 5.78 Å². The maximum atomic E-state index is 12.7. The SMILES string of the molecule is CCC(O)c1[nH]c2c(c1Nc1ccccc1)C(=O)CC(C)(C)C2. The van der Waals surface area contributed by atoms with Crippen LogP contribution in [0.1, 0.15) is 61.5 Å². The highest BCUT2D eigenvalue weighted by Gasteiger charge is 2.36. The van der Waals surface area contributed by atoms with E-state index in [-0.39, 0.29) is 11.2 Å². The molecule has 3 rings (SSSR count). The van der Waals surface area contributed by atoms with Crippen LogP contribution in [0.3, 0.4) is 0 Å². The normalized spacial score (nSPS) is 17.7. The molecule has 0 aliphatic heterocycles. The van der Waals surface area contributed by atoms with Gasteiger partial charge in [0, 0.05) is 17.8 Å². The number of hydrogen-bond acceptors (Lipinski definition) is 3. The number of Topliss-reactive ketones (excluding diaryl/α,β-unsaturated/α-hetero) is 1. The highest BCUT2D eigenvalue weighted by atomic mass is 16.3.